The van der Waals surface area contributed by atoms with Crippen molar-refractivity contribution >= 4 is 5.91 Å². The lowest BCUT2D eigenvalue weighted by atomic mass is 9.87. The van der Waals surface area contributed by atoms with Crippen molar-refractivity contribution in [3.8, 4) is 6.07 Å². The van der Waals surface area contributed by atoms with Gasteiger partial charge < -0.3 is 10.6 Å². The minimum Gasteiger partial charge on any atom is -0.340 e. The fourth-order valence-electron chi connectivity index (χ4n) is 3.23. The molecule has 3 rings (SSSR count). The van der Waals surface area contributed by atoms with Gasteiger partial charge in [-0.2, -0.15) is 5.26 Å². The van der Waals surface area contributed by atoms with Crippen LogP contribution in [0.25, 0.3) is 0 Å². The third-order valence-corrected chi connectivity index (χ3v) is 4.62. The number of hydrogen-bond donors (Lipinski definition) is 2. The SMILES string of the molecule is N#CCC1CN(C2CCNCC2)C1NC(=O)C1CC1. The molecule has 0 spiro atoms. The Bertz CT molecular complexity index is 381. The Labute approximate surface area is 114 Å². The van der Waals surface area contributed by atoms with Crippen LogP contribution in [0.4, 0.5) is 0 Å². The normalized spacial score (nSPS) is 32.4. The van der Waals surface area contributed by atoms with E-state index in [1.54, 1.807) is 0 Å². The summed E-state index contributed by atoms with van der Waals surface area (Å²) in [5, 5.41) is 15.4. The van der Waals surface area contributed by atoms with Gasteiger partial charge in [-0.25, -0.2) is 0 Å². The van der Waals surface area contributed by atoms with Gasteiger partial charge in [0.2, 0.25) is 5.91 Å². The van der Waals surface area contributed by atoms with E-state index in [9.17, 15) is 4.79 Å². The molecule has 0 radical (unpaired) electrons. The molecule has 2 heterocycles. The summed E-state index contributed by atoms with van der Waals surface area (Å²) in [6, 6.07) is 2.82. The van der Waals surface area contributed by atoms with Crippen LogP contribution in [0.3, 0.4) is 0 Å². The van der Waals surface area contributed by atoms with Crippen LogP contribution in [0.2, 0.25) is 0 Å². The minimum atomic E-state index is 0.107. The third kappa shape index (κ3) is 2.75. The van der Waals surface area contributed by atoms with Crippen molar-refractivity contribution in [2.24, 2.45) is 11.8 Å². The Kier molecular flexibility index (Phi) is 3.72. The summed E-state index contributed by atoms with van der Waals surface area (Å²) in [5.41, 5.74) is 0. The van der Waals surface area contributed by atoms with Crippen LogP contribution in [-0.4, -0.2) is 42.6 Å². The lowest BCUT2D eigenvalue weighted by molar-refractivity contribution is -0.130. The lowest BCUT2D eigenvalue weighted by Gasteiger charge is -2.52. The molecule has 5 heteroatoms. The highest BCUT2D eigenvalue weighted by atomic mass is 16.2. The van der Waals surface area contributed by atoms with E-state index in [2.05, 4.69) is 21.6 Å². The maximum atomic E-state index is 12.0. The molecule has 3 aliphatic rings. The number of amides is 1. The van der Waals surface area contributed by atoms with Gasteiger partial charge in [0, 0.05) is 30.8 Å². The fourth-order valence-corrected chi connectivity index (χ4v) is 3.23. The van der Waals surface area contributed by atoms with Crippen molar-refractivity contribution in [1.82, 2.24) is 15.5 Å². The summed E-state index contributed by atoms with van der Waals surface area (Å²) >= 11 is 0. The van der Waals surface area contributed by atoms with Gasteiger partial charge in [-0.15, -0.1) is 0 Å². The molecule has 1 saturated carbocycles. The lowest BCUT2D eigenvalue weighted by Crippen LogP contribution is -2.68. The van der Waals surface area contributed by atoms with E-state index in [1.807, 2.05) is 0 Å². The van der Waals surface area contributed by atoms with Gasteiger partial charge in [0.25, 0.3) is 0 Å². The number of nitriles is 1. The number of nitrogens with zero attached hydrogens (tertiary/aromatic N) is 2. The third-order valence-electron chi connectivity index (χ3n) is 4.62. The molecule has 2 saturated heterocycles. The average Bonchev–Trinajstić information content (AvgIpc) is 3.25. The summed E-state index contributed by atoms with van der Waals surface area (Å²) in [6.45, 7) is 3.09. The highest BCUT2D eigenvalue weighted by molar-refractivity contribution is 5.81. The second-order valence-electron chi connectivity index (χ2n) is 6.03. The highest BCUT2D eigenvalue weighted by Crippen LogP contribution is 2.33. The van der Waals surface area contributed by atoms with Crippen LogP contribution in [0.15, 0.2) is 0 Å². The summed E-state index contributed by atoms with van der Waals surface area (Å²) in [5.74, 6) is 0.771. The molecule has 104 valence electrons. The quantitative estimate of drug-likeness (QED) is 0.771. The molecule has 19 heavy (non-hydrogen) atoms. The van der Waals surface area contributed by atoms with Crippen molar-refractivity contribution in [2.75, 3.05) is 19.6 Å². The van der Waals surface area contributed by atoms with Crippen LogP contribution in [-0.2, 0) is 4.79 Å². The second kappa shape index (κ2) is 5.48. The number of likely N-dealkylation sites (tertiary alicyclic amines) is 1. The minimum absolute atomic E-state index is 0.107. The molecule has 0 aromatic carbocycles. The van der Waals surface area contributed by atoms with E-state index < -0.39 is 0 Å². The molecule has 1 aliphatic carbocycles. The zero-order chi connectivity index (χ0) is 13.2. The van der Waals surface area contributed by atoms with Gasteiger partial charge >= 0.3 is 0 Å². The molecule has 3 fully saturated rings. The Morgan fingerprint density at radius 1 is 1.32 bits per heavy atom. The summed E-state index contributed by atoms with van der Waals surface area (Å²) < 4.78 is 0. The summed E-state index contributed by atoms with van der Waals surface area (Å²) in [7, 11) is 0. The first kappa shape index (κ1) is 12.9. The van der Waals surface area contributed by atoms with Gasteiger partial charge in [-0.05, 0) is 38.8 Å². The molecule has 1 amide bonds. The highest BCUT2D eigenvalue weighted by Gasteiger charge is 2.44. The monoisotopic (exact) mass is 262 g/mol. The maximum Gasteiger partial charge on any atom is 0.224 e. The summed E-state index contributed by atoms with van der Waals surface area (Å²) in [4.78, 5) is 14.4. The number of carbonyl (C=O) groups is 1. The average molecular weight is 262 g/mol. The molecule has 0 aromatic heterocycles. The van der Waals surface area contributed by atoms with Gasteiger partial charge in [0.05, 0.1) is 12.2 Å². The maximum absolute atomic E-state index is 12.0. The predicted octanol–water partition coefficient (Wildman–Crippen LogP) is 0.436. The summed E-state index contributed by atoms with van der Waals surface area (Å²) in [6.07, 6.45) is 5.03. The van der Waals surface area contributed by atoms with Gasteiger partial charge in [0.15, 0.2) is 0 Å². The van der Waals surface area contributed by atoms with Gasteiger partial charge in [-0.3, -0.25) is 9.69 Å². The zero-order valence-electron chi connectivity index (χ0n) is 11.3. The molecule has 2 aliphatic heterocycles. The van der Waals surface area contributed by atoms with E-state index in [0.29, 0.717) is 18.4 Å². The first-order chi connectivity index (χ1) is 9.29. The second-order valence-corrected chi connectivity index (χ2v) is 6.03. The van der Waals surface area contributed by atoms with Crippen molar-refractivity contribution < 1.29 is 4.79 Å². The first-order valence-corrected chi connectivity index (χ1v) is 7.43. The number of carbonyl (C=O) groups excluding carboxylic acids is 1. The molecule has 2 N–H and O–H groups in total. The Morgan fingerprint density at radius 2 is 2.05 bits per heavy atom. The first-order valence-electron chi connectivity index (χ1n) is 7.43. The van der Waals surface area contributed by atoms with E-state index in [1.165, 1.54) is 0 Å². The van der Waals surface area contributed by atoms with E-state index in [4.69, 9.17) is 5.26 Å². The van der Waals surface area contributed by atoms with Crippen LogP contribution in [0, 0.1) is 23.2 Å². The van der Waals surface area contributed by atoms with Crippen molar-refractivity contribution in [2.45, 2.75) is 44.3 Å². The van der Waals surface area contributed by atoms with E-state index >= 15 is 0 Å². The number of hydrogen-bond acceptors (Lipinski definition) is 4. The number of nitrogens with one attached hydrogen (secondary N) is 2. The van der Waals surface area contributed by atoms with Crippen LogP contribution >= 0.6 is 0 Å². The Balaban J connectivity index is 1.59. The topological polar surface area (TPSA) is 68.2 Å². The molecule has 5 nitrogen and oxygen atoms in total. The Morgan fingerprint density at radius 3 is 2.68 bits per heavy atom. The van der Waals surface area contributed by atoms with Gasteiger partial charge in [-0.1, -0.05) is 0 Å². The Hall–Kier alpha value is -1.12. The largest absolute Gasteiger partial charge is 0.340 e. The smallest absolute Gasteiger partial charge is 0.224 e. The molecule has 2 unspecified atom stereocenters. The van der Waals surface area contributed by atoms with Crippen LogP contribution < -0.4 is 10.6 Å². The molecular formula is C14H22N4O. The number of rotatable bonds is 4. The fraction of sp³-hybridized carbons (Fsp3) is 0.857. The predicted molar refractivity (Wildman–Crippen MR) is 71.0 cm³/mol. The van der Waals surface area contributed by atoms with Gasteiger partial charge in [0.1, 0.15) is 0 Å². The molecule has 2 atom stereocenters. The van der Waals surface area contributed by atoms with Crippen molar-refractivity contribution in [1.29, 1.82) is 5.26 Å². The molecule has 0 aromatic rings. The van der Waals surface area contributed by atoms with Crippen LogP contribution in [0.5, 0.6) is 0 Å². The van der Waals surface area contributed by atoms with E-state index in [0.717, 1.165) is 45.3 Å². The van der Waals surface area contributed by atoms with Crippen molar-refractivity contribution in [3.63, 3.8) is 0 Å². The van der Waals surface area contributed by atoms with E-state index in [-0.39, 0.29) is 18.0 Å². The van der Waals surface area contributed by atoms with Crippen molar-refractivity contribution in [3.05, 3.63) is 0 Å². The zero-order valence-corrected chi connectivity index (χ0v) is 11.3. The van der Waals surface area contributed by atoms with Crippen LogP contribution in [0.1, 0.15) is 32.1 Å². The molecule has 0 bridgehead atoms. The molecular weight excluding hydrogens is 240 g/mol. The number of piperidine rings is 1. The standard InChI is InChI=1S/C14H22N4O/c15-6-3-11-9-18(12-4-7-16-8-5-12)13(11)17-14(19)10-1-2-10/h10-13,16H,1-5,7-9H2,(H,17,19).